The number of fused-ring (bicyclic) bond motifs is 1. The molecule has 33 heavy (non-hydrogen) atoms. The molecule has 2 aromatic heterocycles. The van der Waals surface area contributed by atoms with E-state index >= 15 is 0 Å². The summed E-state index contributed by atoms with van der Waals surface area (Å²) in [5.41, 5.74) is 12.1. The second-order valence-corrected chi connectivity index (χ2v) is 9.66. The van der Waals surface area contributed by atoms with Gasteiger partial charge in [0.1, 0.15) is 53.7 Å². The van der Waals surface area contributed by atoms with Gasteiger partial charge in [0, 0.05) is 13.3 Å². The summed E-state index contributed by atoms with van der Waals surface area (Å²) >= 11 is 0. The number of Topliss-reactive ketones (excluding diaryl/α,β-unsaturated/α-hetero) is 1. The fraction of sp³-hybridized carbons (Fsp3) is 0.556. The predicted octanol–water partition coefficient (Wildman–Crippen LogP) is -3.60. The van der Waals surface area contributed by atoms with E-state index in [4.69, 9.17) is 21.3 Å². The van der Waals surface area contributed by atoms with Crippen LogP contribution in [0.4, 0.5) is 5.82 Å². The number of aromatic nitrogens is 4. The molecule has 7 N–H and O–H groups in total. The molecule has 0 bridgehead atoms. The SMILES string of the molecule is CC(=O)C(=O)[O-].C[S+](CC[C@H](N)C(=O)O)C[C@H]1O[C@@H](n2cnc3c(N)ncnc32)[C@H](O)[C@@H]1O. The van der Waals surface area contributed by atoms with Gasteiger partial charge in [-0.2, -0.15) is 0 Å². The second-order valence-electron chi connectivity index (χ2n) is 7.36. The Morgan fingerprint density at radius 3 is 2.48 bits per heavy atom. The molecule has 1 unspecified atom stereocenters. The fourth-order valence-electron chi connectivity index (χ4n) is 2.97. The molecule has 14 nitrogen and oxygen atoms in total. The molecule has 3 heterocycles. The van der Waals surface area contributed by atoms with Crippen LogP contribution < -0.4 is 16.6 Å². The summed E-state index contributed by atoms with van der Waals surface area (Å²) in [5.74, 6) is -2.31. The summed E-state index contributed by atoms with van der Waals surface area (Å²) in [7, 11) is -0.235. The van der Waals surface area contributed by atoms with Crippen LogP contribution in [0.3, 0.4) is 0 Å². The van der Waals surface area contributed by atoms with Crippen molar-refractivity contribution >= 4 is 45.6 Å². The smallest absolute Gasteiger partial charge is 0.320 e. The summed E-state index contributed by atoms with van der Waals surface area (Å²) in [6.45, 7) is 0.940. The lowest BCUT2D eigenvalue weighted by molar-refractivity contribution is -0.299. The molecule has 1 aliphatic heterocycles. The van der Waals surface area contributed by atoms with Gasteiger partial charge in [0.2, 0.25) is 0 Å². The monoisotopic (exact) mass is 486 g/mol. The molecule has 182 valence electrons. The lowest BCUT2D eigenvalue weighted by Crippen LogP contribution is -2.37. The van der Waals surface area contributed by atoms with Crippen LogP contribution in [0, 0.1) is 0 Å². The highest BCUT2D eigenvalue weighted by Crippen LogP contribution is 2.32. The number of ether oxygens (including phenoxy) is 1. The highest BCUT2D eigenvalue weighted by molar-refractivity contribution is 7.96. The van der Waals surface area contributed by atoms with Gasteiger partial charge < -0.3 is 41.4 Å². The minimum absolute atomic E-state index is 0.216. The van der Waals surface area contributed by atoms with Gasteiger partial charge >= 0.3 is 5.97 Å². The van der Waals surface area contributed by atoms with Crippen LogP contribution in [0.5, 0.6) is 0 Å². The average molecular weight is 487 g/mol. The van der Waals surface area contributed by atoms with Crippen molar-refractivity contribution in [2.45, 2.75) is 43.9 Å². The van der Waals surface area contributed by atoms with E-state index in [1.165, 1.54) is 17.2 Å². The number of aliphatic carboxylic acids is 2. The van der Waals surface area contributed by atoms with Gasteiger partial charge in [-0.05, 0) is 10.9 Å². The van der Waals surface area contributed by atoms with Crippen LogP contribution in [-0.2, 0) is 30.0 Å². The van der Waals surface area contributed by atoms with Crippen LogP contribution in [0.2, 0.25) is 0 Å². The largest absolute Gasteiger partial charge is 0.542 e. The Hall–Kier alpha value is -2.85. The van der Waals surface area contributed by atoms with Crippen LogP contribution in [0.15, 0.2) is 12.7 Å². The molecule has 1 fully saturated rings. The molecule has 2 aromatic rings. The highest BCUT2D eigenvalue weighted by atomic mass is 32.2. The maximum atomic E-state index is 10.8. The van der Waals surface area contributed by atoms with E-state index in [9.17, 15) is 29.7 Å². The van der Waals surface area contributed by atoms with Gasteiger partial charge in [0.15, 0.2) is 23.5 Å². The zero-order valence-corrected chi connectivity index (χ0v) is 18.7. The lowest BCUT2D eigenvalue weighted by Gasteiger charge is -2.16. The number of nitrogen functional groups attached to an aromatic ring is 1. The van der Waals surface area contributed by atoms with Gasteiger partial charge in [0.25, 0.3) is 0 Å². The first-order valence-electron chi connectivity index (χ1n) is 9.68. The number of carboxylic acids is 2. The minimum atomic E-state index is -1.63. The number of rotatable bonds is 8. The average Bonchev–Trinajstić information content (AvgIpc) is 3.29. The molecule has 15 heteroatoms. The first-order valence-corrected chi connectivity index (χ1v) is 11.6. The Balaban J connectivity index is 0.000000569. The second kappa shape index (κ2) is 11.3. The van der Waals surface area contributed by atoms with Crippen molar-refractivity contribution in [1.29, 1.82) is 0 Å². The van der Waals surface area contributed by atoms with E-state index in [1.54, 1.807) is 0 Å². The van der Waals surface area contributed by atoms with Gasteiger partial charge in [0.05, 0.1) is 12.6 Å². The molecule has 6 atom stereocenters. The van der Waals surface area contributed by atoms with Crippen molar-refractivity contribution in [2.24, 2.45) is 5.73 Å². The molecular formula is C18H26N6O8S. The van der Waals surface area contributed by atoms with E-state index in [0.717, 1.165) is 6.92 Å². The Kier molecular flexibility index (Phi) is 9.07. The first-order chi connectivity index (χ1) is 15.4. The Morgan fingerprint density at radius 1 is 1.27 bits per heavy atom. The lowest BCUT2D eigenvalue weighted by atomic mass is 10.1. The first kappa shape index (κ1) is 26.4. The number of hydrogen-bond acceptors (Lipinski definition) is 12. The molecule has 0 radical (unpaired) electrons. The maximum absolute atomic E-state index is 10.8. The summed E-state index contributed by atoms with van der Waals surface area (Å²) < 4.78 is 7.41. The van der Waals surface area contributed by atoms with E-state index in [1.807, 2.05) is 6.26 Å². The number of ketones is 1. The zero-order chi connectivity index (χ0) is 24.9. The molecule has 3 rings (SSSR count). The third-order valence-corrected chi connectivity index (χ3v) is 6.66. The fourth-order valence-corrected chi connectivity index (χ4v) is 4.63. The summed E-state index contributed by atoms with van der Waals surface area (Å²) in [5, 5.41) is 38.9. The zero-order valence-electron chi connectivity index (χ0n) is 17.9. The predicted molar refractivity (Wildman–Crippen MR) is 115 cm³/mol. The Bertz CT molecular complexity index is 991. The number of carbonyl (C=O) groups is 3. The summed E-state index contributed by atoms with van der Waals surface area (Å²) in [4.78, 5) is 41.7. The van der Waals surface area contributed by atoms with E-state index in [2.05, 4.69) is 15.0 Å². The van der Waals surface area contributed by atoms with Gasteiger partial charge in [-0.1, -0.05) is 0 Å². The number of anilines is 1. The Morgan fingerprint density at radius 2 is 1.91 bits per heavy atom. The Labute approximate surface area is 190 Å². The maximum Gasteiger partial charge on any atom is 0.320 e. The standard InChI is InChI=1S/C15H22N6O5S.C3H4O3/c1-27(3-2-7(16)15(24)25)4-8-10(22)11(23)14(26-8)21-6-20-9-12(17)18-5-19-13(9)21;1-2(4)3(5)6/h5-8,10-11,14,22-23H,2-4,16H2,1H3,(H2-,17,18,19,24,25);1H3,(H,5,6)/t7-,8+,10+,11+,14+,27?;/m0./s1. The van der Waals surface area contributed by atoms with Crippen LogP contribution in [0.1, 0.15) is 19.6 Å². The molecule has 0 saturated carbocycles. The number of nitrogens with two attached hydrogens (primary N) is 2. The quantitative estimate of drug-likeness (QED) is 0.179. The molecule has 1 aliphatic rings. The van der Waals surface area contributed by atoms with Crippen molar-refractivity contribution in [3.8, 4) is 0 Å². The van der Waals surface area contributed by atoms with Gasteiger partial charge in [-0.3, -0.25) is 14.2 Å². The molecule has 0 aromatic carbocycles. The number of hydrogen-bond donors (Lipinski definition) is 5. The van der Waals surface area contributed by atoms with E-state index in [-0.39, 0.29) is 16.7 Å². The highest BCUT2D eigenvalue weighted by Gasteiger charge is 2.46. The molecular weight excluding hydrogens is 460 g/mol. The van der Waals surface area contributed by atoms with Crippen LogP contribution >= 0.6 is 0 Å². The minimum Gasteiger partial charge on any atom is -0.542 e. The topological polar surface area (TPSA) is 240 Å². The van der Waals surface area contributed by atoms with Crippen molar-refractivity contribution < 1.29 is 39.5 Å². The number of imidazole rings is 1. The van der Waals surface area contributed by atoms with Crippen molar-refractivity contribution in [3.05, 3.63) is 12.7 Å². The summed E-state index contributed by atoms with van der Waals surface area (Å²) in [6.07, 6.45) is 1.31. The number of aliphatic hydroxyl groups excluding tert-OH is 2. The molecule has 0 aliphatic carbocycles. The van der Waals surface area contributed by atoms with Crippen molar-refractivity contribution in [2.75, 3.05) is 23.5 Å². The summed E-state index contributed by atoms with van der Waals surface area (Å²) in [6, 6.07) is -0.907. The third-order valence-electron chi connectivity index (χ3n) is 4.83. The number of carbonyl (C=O) groups excluding carboxylic acids is 2. The number of carboxylic acid groups (broad SMARTS) is 2. The number of nitrogens with zero attached hydrogens (tertiary/aromatic N) is 4. The van der Waals surface area contributed by atoms with Crippen LogP contribution in [0.25, 0.3) is 11.2 Å². The normalized spacial score (nSPS) is 24.0. The van der Waals surface area contributed by atoms with Gasteiger partial charge in [-0.15, -0.1) is 0 Å². The number of aliphatic hydroxyl groups is 2. The van der Waals surface area contributed by atoms with E-state index in [0.29, 0.717) is 29.1 Å². The van der Waals surface area contributed by atoms with Gasteiger partial charge in [-0.25, -0.2) is 15.0 Å². The third kappa shape index (κ3) is 6.58. The van der Waals surface area contributed by atoms with Crippen LogP contribution in [-0.4, -0.2) is 94.7 Å². The van der Waals surface area contributed by atoms with Crippen molar-refractivity contribution in [1.82, 2.24) is 19.5 Å². The molecule has 0 spiro atoms. The van der Waals surface area contributed by atoms with E-state index < -0.39 is 48.3 Å². The molecule has 1 saturated heterocycles. The van der Waals surface area contributed by atoms with Crippen molar-refractivity contribution in [3.63, 3.8) is 0 Å². The molecule has 0 amide bonds.